The molecule has 0 atom stereocenters. The van der Waals surface area contributed by atoms with E-state index in [1.807, 2.05) is 72.5 Å². The largest absolute Gasteiger partial charge is 0.363 e. The summed E-state index contributed by atoms with van der Waals surface area (Å²) in [5.74, 6) is 0.715. The summed E-state index contributed by atoms with van der Waals surface area (Å²) in [4.78, 5) is 18.0. The molecule has 0 saturated carbocycles. The molecule has 0 aliphatic rings. The maximum atomic E-state index is 6.17. The van der Waals surface area contributed by atoms with Crippen LogP contribution in [-0.4, -0.2) is 24.3 Å². The van der Waals surface area contributed by atoms with Crippen LogP contribution in [0.25, 0.3) is 28.2 Å². The summed E-state index contributed by atoms with van der Waals surface area (Å²) < 4.78 is 2.01. The van der Waals surface area contributed by atoms with Crippen LogP contribution in [0.4, 0.5) is 5.82 Å². The number of hydrogen-bond donors (Lipinski definition) is 1. The first-order valence-electron chi connectivity index (χ1n) is 10.3. The van der Waals surface area contributed by atoms with Crippen molar-refractivity contribution in [3.05, 3.63) is 95.3 Å². The first kappa shape index (κ1) is 20.2. The number of rotatable bonds is 5. The van der Waals surface area contributed by atoms with Gasteiger partial charge >= 0.3 is 0 Å². The van der Waals surface area contributed by atoms with Gasteiger partial charge in [0.15, 0.2) is 11.5 Å². The Morgan fingerprint density at radius 3 is 2.62 bits per heavy atom. The van der Waals surface area contributed by atoms with E-state index in [1.54, 1.807) is 6.20 Å². The van der Waals surface area contributed by atoms with E-state index in [-0.39, 0.29) is 0 Å². The highest BCUT2D eigenvalue weighted by molar-refractivity contribution is 6.30. The van der Waals surface area contributed by atoms with Gasteiger partial charge in [-0.1, -0.05) is 29.8 Å². The lowest BCUT2D eigenvalue weighted by Crippen LogP contribution is -2.05. The monoisotopic (exact) mass is 440 g/mol. The van der Waals surface area contributed by atoms with Crippen LogP contribution >= 0.6 is 11.6 Å². The first-order valence-corrected chi connectivity index (χ1v) is 10.7. The molecule has 0 aliphatic heterocycles. The van der Waals surface area contributed by atoms with Crippen LogP contribution in [0.1, 0.15) is 16.8 Å². The summed E-state index contributed by atoms with van der Waals surface area (Å²) in [5.41, 5.74) is 7.94. The standard InChI is InChI=1S/C25H21ClN6/c1-16-10-18(13-29-23(16)20-6-7-27-17(2)11-20)14-30-24-25-31-15-22(32(25)9-8-28-24)19-4-3-5-21(26)12-19/h3-13,15H,14H2,1-2H3,(H,28,30). The Balaban J connectivity index is 1.39. The fourth-order valence-corrected chi connectivity index (χ4v) is 4.01. The van der Waals surface area contributed by atoms with E-state index in [0.717, 1.165) is 45.0 Å². The molecule has 0 amide bonds. The molecule has 6 nitrogen and oxygen atoms in total. The topological polar surface area (TPSA) is 68.0 Å². The van der Waals surface area contributed by atoms with Gasteiger partial charge in [-0.3, -0.25) is 14.4 Å². The molecule has 0 aliphatic carbocycles. The second kappa shape index (κ2) is 8.40. The Bertz CT molecular complexity index is 1430. The number of nitrogens with zero attached hydrogens (tertiary/aromatic N) is 5. The van der Waals surface area contributed by atoms with Crippen LogP contribution in [0.3, 0.4) is 0 Å². The summed E-state index contributed by atoms with van der Waals surface area (Å²) in [6, 6.07) is 13.9. The molecule has 32 heavy (non-hydrogen) atoms. The maximum Gasteiger partial charge on any atom is 0.180 e. The minimum absolute atomic E-state index is 0.593. The van der Waals surface area contributed by atoms with Crippen molar-refractivity contribution in [2.24, 2.45) is 0 Å². The number of aryl methyl sites for hydroxylation is 2. The van der Waals surface area contributed by atoms with Gasteiger partial charge in [-0.2, -0.15) is 0 Å². The second-order valence-electron chi connectivity index (χ2n) is 7.67. The lowest BCUT2D eigenvalue weighted by atomic mass is 10.1. The van der Waals surface area contributed by atoms with E-state index >= 15 is 0 Å². The van der Waals surface area contributed by atoms with Crippen molar-refractivity contribution in [2.75, 3.05) is 5.32 Å². The quantitative estimate of drug-likeness (QED) is 0.377. The molecule has 0 saturated heterocycles. The molecular formula is C25H21ClN6. The van der Waals surface area contributed by atoms with Gasteiger partial charge < -0.3 is 5.32 Å². The fraction of sp³-hybridized carbons (Fsp3) is 0.120. The van der Waals surface area contributed by atoms with Gasteiger partial charge in [0, 0.05) is 53.2 Å². The van der Waals surface area contributed by atoms with Crippen molar-refractivity contribution in [3.63, 3.8) is 0 Å². The Morgan fingerprint density at radius 2 is 1.81 bits per heavy atom. The number of aromatic nitrogens is 5. The minimum Gasteiger partial charge on any atom is -0.363 e. The van der Waals surface area contributed by atoms with Gasteiger partial charge in [-0.25, -0.2) is 9.97 Å². The zero-order chi connectivity index (χ0) is 22.1. The van der Waals surface area contributed by atoms with E-state index in [0.29, 0.717) is 17.4 Å². The summed E-state index contributed by atoms with van der Waals surface area (Å²) in [7, 11) is 0. The van der Waals surface area contributed by atoms with Gasteiger partial charge in [-0.15, -0.1) is 0 Å². The third-order valence-electron chi connectivity index (χ3n) is 5.31. The number of anilines is 1. The zero-order valence-electron chi connectivity index (χ0n) is 17.7. The summed E-state index contributed by atoms with van der Waals surface area (Å²) in [6.07, 6.45) is 9.22. The van der Waals surface area contributed by atoms with Gasteiger partial charge in [0.1, 0.15) is 0 Å². The van der Waals surface area contributed by atoms with Crippen molar-refractivity contribution >= 4 is 23.1 Å². The zero-order valence-corrected chi connectivity index (χ0v) is 18.5. The molecule has 7 heteroatoms. The molecule has 1 N–H and O–H groups in total. The van der Waals surface area contributed by atoms with Crippen molar-refractivity contribution in [3.8, 4) is 22.5 Å². The summed E-state index contributed by atoms with van der Waals surface area (Å²) in [6.45, 7) is 4.65. The lowest BCUT2D eigenvalue weighted by molar-refractivity contribution is 1.05. The van der Waals surface area contributed by atoms with Gasteiger partial charge in [-0.05, 0) is 49.2 Å². The highest BCUT2D eigenvalue weighted by atomic mass is 35.5. The SMILES string of the molecule is Cc1cc(-c2ncc(CNc3nccn4c(-c5cccc(Cl)c5)cnc34)cc2C)ccn1. The average molecular weight is 441 g/mol. The molecule has 158 valence electrons. The van der Waals surface area contributed by atoms with Crippen LogP contribution in [-0.2, 0) is 6.54 Å². The van der Waals surface area contributed by atoms with Crippen LogP contribution < -0.4 is 5.32 Å². The molecule has 5 rings (SSSR count). The molecule has 0 radical (unpaired) electrons. The molecule has 4 heterocycles. The summed E-state index contributed by atoms with van der Waals surface area (Å²) in [5, 5.41) is 4.10. The summed E-state index contributed by atoms with van der Waals surface area (Å²) >= 11 is 6.17. The Hall–Kier alpha value is -3.77. The Morgan fingerprint density at radius 1 is 0.906 bits per heavy atom. The predicted octanol–water partition coefficient (Wildman–Crippen LogP) is 5.74. The number of benzene rings is 1. The molecule has 4 aromatic heterocycles. The average Bonchev–Trinajstić information content (AvgIpc) is 3.22. The van der Waals surface area contributed by atoms with E-state index in [9.17, 15) is 0 Å². The van der Waals surface area contributed by atoms with Crippen molar-refractivity contribution in [1.29, 1.82) is 0 Å². The van der Waals surface area contributed by atoms with Crippen LogP contribution in [0.5, 0.6) is 0 Å². The molecule has 5 aromatic rings. The number of nitrogens with one attached hydrogen (secondary N) is 1. The lowest BCUT2D eigenvalue weighted by Gasteiger charge is -2.10. The predicted molar refractivity (Wildman–Crippen MR) is 128 cm³/mol. The van der Waals surface area contributed by atoms with E-state index in [4.69, 9.17) is 16.6 Å². The Kier molecular flexibility index (Phi) is 5.29. The van der Waals surface area contributed by atoms with Gasteiger partial charge in [0.25, 0.3) is 0 Å². The number of hydrogen-bond acceptors (Lipinski definition) is 5. The normalized spacial score (nSPS) is 11.1. The minimum atomic E-state index is 0.593. The number of pyridine rings is 2. The van der Waals surface area contributed by atoms with Gasteiger partial charge in [0.05, 0.1) is 17.6 Å². The highest BCUT2D eigenvalue weighted by Crippen LogP contribution is 2.26. The highest BCUT2D eigenvalue weighted by Gasteiger charge is 2.11. The van der Waals surface area contributed by atoms with Gasteiger partial charge in [0.2, 0.25) is 0 Å². The first-order chi connectivity index (χ1) is 15.6. The van der Waals surface area contributed by atoms with E-state index < -0.39 is 0 Å². The Labute approximate surface area is 191 Å². The van der Waals surface area contributed by atoms with Crippen molar-refractivity contribution in [1.82, 2.24) is 24.3 Å². The fourth-order valence-electron chi connectivity index (χ4n) is 3.82. The smallest absolute Gasteiger partial charge is 0.180 e. The third kappa shape index (κ3) is 3.92. The molecule has 0 unspecified atom stereocenters. The molecule has 0 fully saturated rings. The van der Waals surface area contributed by atoms with Crippen molar-refractivity contribution < 1.29 is 0 Å². The van der Waals surface area contributed by atoms with Crippen LogP contribution in [0, 0.1) is 13.8 Å². The third-order valence-corrected chi connectivity index (χ3v) is 5.55. The van der Waals surface area contributed by atoms with Crippen LogP contribution in [0.2, 0.25) is 5.02 Å². The number of imidazole rings is 1. The number of fused-ring (bicyclic) bond motifs is 1. The van der Waals surface area contributed by atoms with E-state index in [2.05, 4.69) is 33.3 Å². The maximum absolute atomic E-state index is 6.17. The van der Waals surface area contributed by atoms with Crippen molar-refractivity contribution in [2.45, 2.75) is 20.4 Å². The van der Waals surface area contributed by atoms with E-state index in [1.165, 1.54) is 0 Å². The molecule has 1 aromatic carbocycles. The second-order valence-corrected chi connectivity index (χ2v) is 8.11. The number of halogens is 1. The molecule has 0 spiro atoms. The molecule has 0 bridgehead atoms. The van der Waals surface area contributed by atoms with Crippen LogP contribution in [0.15, 0.2) is 73.4 Å². The molecular weight excluding hydrogens is 420 g/mol.